The Bertz CT molecular complexity index is 548. The lowest BCUT2D eigenvalue weighted by Crippen LogP contribution is -2.16. The zero-order valence-corrected chi connectivity index (χ0v) is 10.4. The number of carbonyl (C=O) groups is 3. The number of aromatic nitrogens is 1. The van der Waals surface area contributed by atoms with E-state index in [1.54, 1.807) is 6.92 Å². The topological polar surface area (TPSA) is 93.6 Å². The molecule has 0 bridgehead atoms. The largest absolute Gasteiger partial charge is 0.477 e. The molecule has 1 N–H and O–H groups in total. The van der Waals surface area contributed by atoms with Crippen LogP contribution >= 0.6 is 0 Å². The van der Waals surface area contributed by atoms with Gasteiger partial charge < -0.3 is 9.84 Å². The number of ketones is 1. The monoisotopic (exact) mass is 263 g/mol. The van der Waals surface area contributed by atoms with Gasteiger partial charge in [-0.15, -0.1) is 0 Å². The van der Waals surface area contributed by atoms with Gasteiger partial charge in [-0.1, -0.05) is 0 Å². The van der Waals surface area contributed by atoms with E-state index in [0.29, 0.717) is 5.56 Å². The van der Waals surface area contributed by atoms with Crippen LogP contribution in [0.15, 0.2) is 12.3 Å². The molecule has 19 heavy (non-hydrogen) atoms. The molecule has 1 aliphatic carbocycles. The highest BCUT2D eigenvalue weighted by atomic mass is 16.5. The number of hydrogen-bond acceptors (Lipinski definition) is 5. The fourth-order valence-corrected chi connectivity index (χ4v) is 1.61. The first kappa shape index (κ1) is 13.2. The second-order valence-electron chi connectivity index (χ2n) is 4.50. The van der Waals surface area contributed by atoms with Crippen molar-refractivity contribution in [2.24, 2.45) is 5.92 Å². The Morgan fingerprint density at radius 2 is 2.11 bits per heavy atom. The summed E-state index contributed by atoms with van der Waals surface area (Å²) < 4.78 is 4.87. The molecule has 0 spiro atoms. The molecule has 1 heterocycles. The molecular formula is C13H13NO5. The van der Waals surface area contributed by atoms with Crippen LogP contribution in [0.5, 0.6) is 0 Å². The predicted molar refractivity (Wildman–Crippen MR) is 63.9 cm³/mol. The van der Waals surface area contributed by atoms with Crippen molar-refractivity contribution in [2.45, 2.75) is 19.8 Å². The van der Waals surface area contributed by atoms with Crippen molar-refractivity contribution in [3.05, 3.63) is 29.1 Å². The van der Waals surface area contributed by atoms with Crippen LogP contribution in [0.4, 0.5) is 0 Å². The van der Waals surface area contributed by atoms with Crippen molar-refractivity contribution < 1.29 is 24.2 Å². The molecule has 2 rings (SSSR count). The number of hydrogen-bond donors (Lipinski definition) is 1. The second-order valence-corrected chi connectivity index (χ2v) is 4.50. The van der Waals surface area contributed by atoms with E-state index in [4.69, 9.17) is 9.84 Å². The summed E-state index contributed by atoms with van der Waals surface area (Å²) in [4.78, 5) is 37.5. The van der Waals surface area contributed by atoms with E-state index in [1.165, 1.54) is 12.3 Å². The van der Waals surface area contributed by atoms with Gasteiger partial charge in [-0.25, -0.2) is 9.78 Å². The minimum atomic E-state index is -1.14. The van der Waals surface area contributed by atoms with E-state index in [0.717, 1.165) is 12.8 Å². The van der Waals surface area contributed by atoms with Gasteiger partial charge in [0.15, 0.2) is 12.3 Å². The number of aryl methyl sites for hydroxylation is 1. The number of carbonyl (C=O) groups excluding carboxylic acids is 2. The van der Waals surface area contributed by atoms with E-state index in [1.807, 2.05) is 0 Å². The number of aromatic carboxylic acids is 1. The van der Waals surface area contributed by atoms with Crippen molar-refractivity contribution in [1.29, 1.82) is 0 Å². The van der Waals surface area contributed by atoms with Crippen LogP contribution in [0.1, 0.15) is 39.3 Å². The minimum Gasteiger partial charge on any atom is -0.477 e. The van der Waals surface area contributed by atoms with Gasteiger partial charge in [-0.3, -0.25) is 9.59 Å². The lowest BCUT2D eigenvalue weighted by molar-refractivity contribution is -0.144. The Labute approximate surface area is 109 Å². The van der Waals surface area contributed by atoms with Gasteiger partial charge in [-0.05, 0) is 31.4 Å². The van der Waals surface area contributed by atoms with Crippen LogP contribution in [-0.2, 0) is 9.53 Å². The van der Waals surface area contributed by atoms with E-state index in [2.05, 4.69) is 4.98 Å². The van der Waals surface area contributed by atoms with Crippen LogP contribution in [0.2, 0.25) is 0 Å². The quantitative estimate of drug-likeness (QED) is 0.634. The molecule has 0 amide bonds. The first-order valence-corrected chi connectivity index (χ1v) is 5.89. The van der Waals surface area contributed by atoms with Gasteiger partial charge in [0.05, 0.1) is 5.92 Å². The highest BCUT2D eigenvalue weighted by Crippen LogP contribution is 2.30. The first-order chi connectivity index (χ1) is 8.99. The fraction of sp³-hybridized carbons (Fsp3) is 0.385. The molecule has 0 atom stereocenters. The maximum absolute atomic E-state index is 11.8. The van der Waals surface area contributed by atoms with Gasteiger partial charge >= 0.3 is 11.9 Å². The molecule has 0 radical (unpaired) electrons. The number of nitrogens with zero attached hydrogens (tertiary/aromatic N) is 1. The Morgan fingerprint density at radius 3 is 2.63 bits per heavy atom. The van der Waals surface area contributed by atoms with Crippen molar-refractivity contribution in [3.8, 4) is 0 Å². The Hall–Kier alpha value is -2.24. The first-order valence-electron chi connectivity index (χ1n) is 5.89. The summed E-state index contributed by atoms with van der Waals surface area (Å²) in [5.41, 5.74) is 0.546. The number of esters is 1. The molecule has 1 fully saturated rings. The third-order valence-electron chi connectivity index (χ3n) is 2.86. The van der Waals surface area contributed by atoms with Gasteiger partial charge in [0.2, 0.25) is 5.78 Å². The van der Waals surface area contributed by atoms with Crippen molar-refractivity contribution in [2.75, 3.05) is 6.61 Å². The third kappa shape index (κ3) is 3.15. The molecule has 0 unspecified atom stereocenters. The molecular weight excluding hydrogens is 250 g/mol. The molecule has 0 saturated heterocycles. The van der Waals surface area contributed by atoms with Crippen LogP contribution in [0.3, 0.4) is 0 Å². The molecule has 6 heteroatoms. The van der Waals surface area contributed by atoms with Crippen molar-refractivity contribution in [1.82, 2.24) is 4.98 Å². The number of rotatable bonds is 5. The lowest BCUT2D eigenvalue weighted by Gasteiger charge is -2.05. The highest BCUT2D eigenvalue weighted by Gasteiger charge is 2.31. The van der Waals surface area contributed by atoms with E-state index < -0.39 is 5.97 Å². The van der Waals surface area contributed by atoms with E-state index in [-0.39, 0.29) is 35.5 Å². The number of ether oxygens (including phenoxy) is 1. The van der Waals surface area contributed by atoms with Gasteiger partial charge in [0.25, 0.3) is 0 Å². The van der Waals surface area contributed by atoms with E-state index >= 15 is 0 Å². The van der Waals surface area contributed by atoms with Crippen LogP contribution in [-0.4, -0.2) is 34.4 Å². The number of pyridine rings is 1. The zero-order chi connectivity index (χ0) is 14.0. The van der Waals surface area contributed by atoms with Gasteiger partial charge in [-0.2, -0.15) is 0 Å². The van der Waals surface area contributed by atoms with Gasteiger partial charge in [0.1, 0.15) is 0 Å². The Kier molecular flexibility index (Phi) is 3.59. The van der Waals surface area contributed by atoms with Crippen LogP contribution in [0.25, 0.3) is 0 Å². The average Bonchev–Trinajstić information content (AvgIpc) is 3.19. The molecule has 0 aliphatic heterocycles. The molecule has 100 valence electrons. The highest BCUT2D eigenvalue weighted by molar-refractivity contribution is 5.98. The fourth-order valence-electron chi connectivity index (χ4n) is 1.61. The normalized spacial score (nSPS) is 13.9. The summed E-state index contributed by atoms with van der Waals surface area (Å²) in [7, 11) is 0. The summed E-state index contributed by atoms with van der Waals surface area (Å²) in [6, 6.07) is 1.43. The Morgan fingerprint density at radius 1 is 1.42 bits per heavy atom. The summed E-state index contributed by atoms with van der Waals surface area (Å²) in [6.45, 7) is 1.23. The standard InChI is InChI=1S/C13H13NO5/c1-7-4-9(5-14-11(7)12(16)17)10(15)6-19-13(18)8-2-3-8/h4-5,8H,2-3,6H2,1H3,(H,16,17). The molecule has 1 aliphatic rings. The van der Waals surface area contributed by atoms with E-state index in [9.17, 15) is 14.4 Å². The maximum atomic E-state index is 11.8. The molecule has 1 aromatic heterocycles. The lowest BCUT2D eigenvalue weighted by atomic mass is 10.1. The summed E-state index contributed by atoms with van der Waals surface area (Å²) >= 11 is 0. The Balaban J connectivity index is 2.00. The van der Waals surface area contributed by atoms with Crippen LogP contribution in [0, 0.1) is 12.8 Å². The number of carboxylic acid groups (broad SMARTS) is 1. The van der Waals surface area contributed by atoms with Crippen molar-refractivity contribution in [3.63, 3.8) is 0 Å². The smallest absolute Gasteiger partial charge is 0.354 e. The predicted octanol–water partition coefficient (Wildman–Crippen LogP) is 1.22. The summed E-state index contributed by atoms with van der Waals surface area (Å²) in [6.07, 6.45) is 2.83. The average molecular weight is 263 g/mol. The molecule has 6 nitrogen and oxygen atoms in total. The zero-order valence-electron chi connectivity index (χ0n) is 10.4. The summed E-state index contributed by atoms with van der Waals surface area (Å²) in [5, 5.41) is 8.82. The molecule has 1 saturated carbocycles. The van der Waals surface area contributed by atoms with Crippen molar-refractivity contribution >= 4 is 17.7 Å². The molecule has 0 aromatic carbocycles. The third-order valence-corrected chi connectivity index (χ3v) is 2.86. The minimum absolute atomic E-state index is 0.0537. The maximum Gasteiger partial charge on any atom is 0.354 e. The van der Waals surface area contributed by atoms with Crippen LogP contribution < -0.4 is 0 Å². The summed E-state index contributed by atoms with van der Waals surface area (Å²) in [5.74, 6) is -1.93. The van der Waals surface area contributed by atoms with Gasteiger partial charge in [0, 0.05) is 11.8 Å². The second kappa shape index (κ2) is 5.17. The SMILES string of the molecule is Cc1cc(C(=O)COC(=O)C2CC2)cnc1C(=O)O. The molecule has 1 aromatic rings. The number of carboxylic acids is 1. The number of Topliss-reactive ketones (excluding diaryl/α,β-unsaturated/α-hetero) is 1.